The van der Waals surface area contributed by atoms with Crippen LogP contribution in [-0.4, -0.2) is 33.5 Å². The second-order valence-corrected chi connectivity index (χ2v) is 6.57. The van der Waals surface area contributed by atoms with Crippen LogP contribution in [0.3, 0.4) is 0 Å². The van der Waals surface area contributed by atoms with Crippen LogP contribution in [0, 0.1) is 5.92 Å². The van der Waals surface area contributed by atoms with Crippen LogP contribution in [0.15, 0.2) is 5.38 Å². The minimum Gasteiger partial charge on any atom is -0.480 e. The van der Waals surface area contributed by atoms with Gasteiger partial charge in [0.05, 0.1) is 10.7 Å². The molecular formula is C14H22N2O2S. The highest BCUT2D eigenvalue weighted by molar-refractivity contribution is 7.09. The molecular weight excluding hydrogens is 260 g/mol. The van der Waals surface area contributed by atoms with Gasteiger partial charge >= 0.3 is 5.97 Å². The number of aliphatic carboxylic acids is 1. The molecule has 2 rings (SSSR count). The van der Waals surface area contributed by atoms with E-state index in [1.54, 1.807) is 11.3 Å². The number of carbonyl (C=O) groups is 1. The molecule has 5 heteroatoms. The summed E-state index contributed by atoms with van der Waals surface area (Å²) in [5.74, 6) is -0.00455. The zero-order valence-corrected chi connectivity index (χ0v) is 12.4. The molecule has 0 radical (unpaired) electrons. The molecule has 1 N–H and O–H groups in total. The number of carboxylic acid groups (broad SMARTS) is 1. The SMILES string of the molecule is CC(C)CCc1nc(CN2CCC[C@@H]2C(=O)O)cs1. The number of rotatable bonds is 6. The lowest BCUT2D eigenvalue weighted by Gasteiger charge is -2.19. The fraction of sp³-hybridized carbons (Fsp3) is 0.714. The smallest absolute Gasteiger partial charge is 0.320 e. The molecule has 2 heterocycles. The Balaban J connectivity index is 1.90. The van der Waals surface area contributed by atoms with Gasteiger partial charge in [-0.3, -0.25) is 9.69 Å². The van der Waals surface area contributed by atoms with Crippen molar-refractivity contribution >= 4 is 17.3 Å². The predicted octanol–water partition coefficient (Wildman–Crippen LogP) is 2.78. The molecule has 0 bridgehead atoms. The van der Waals surface area contributed by atoms with Gasteiger partial charge in [0.15, 0.2) is 0 Å². The Kier molecular flexibility index (Phi) is 4.93. The van der Waals surface area contributed by atoms with Crippen molar-refractivity contribution in [1.29, 1.82) is 0 Å². The highest BCUT2D eigenvalue weighted by Gasteiger charge is 2.30. The fourth-order valence-electron chi connectivity index (χ4n) is 2.45. The molecule has 1 atom stereocenters. The molecule has 0 saturated carbocycles. The van der Waals surface area contributed by atoms with Crippen LogP contribution in [-0.2, 0) is 17.8 Å². The molecule has 1 aromatic heterocycles. The highest BCUT2D eigenvalue weighted by atomic mass is 32.1. The van der Waals surface area contributed by atoms with Gasteiger partial charge in [-0.2, -0.15) is 0 Å². The topological polar surface area (TPSA) is 53.4 Å². The maximum atomic E-state index is 11.1. The van der Waals surface area contributed by atoms with E-state index in [0.29, 0.717) is 12.5 Å². The molecule has 1 aromatic rings. The molecule has 1 saturated heterocycles. The predicted molar refractivity (Wildman–Crippen MR) is 76.3 cm³/mol. The molecule has 106 valence electrons. The normalized spacial score (nSPS) is 20.3. The van der Waals surface area contributed by atoms with Crippen LogP contribution in [0.5, 0.6) is 0 Å². The van der Waals surface area contributed by atoms with Crippen LogP contribution in [0.25, 0.3) is 0 Å². The lowest BCUT2D eigenvalue weighted by Crippen LogP contribution is -2.35. The summed E-state index contributed by atoms with van der Waals surface area (Å²) >= 11 is 1.70. The Morgan fingerprint density at radius 3 is 3.11 bits per heavy atom. The van der Waals surface area contributed by atoms with Gasteiger partial charge in [-0.05, 0) is 38.1 Å². The van der Waals surface area contributed by atoms with Crippen molar-refractivity contribution in [3.05, 3.63) is 16.1 Å². The van der Waals surface area contributed by atoms with Gasteiger partial charge in [0.25, 0.3) is 0 Å². The van der Waals surface area contributed by atoms with Crippen molar-refractivity contribution in [1.82, 2.24) is 9.88 Å². The van der Waals surface area contributed by atoms with Crippen molar-refractivity contribution in [3.63, 3.8) is 0 Å². The number of carboxylic acids is 1. The molecule has 1 aliphatic rings. The van der Waals surface area contributed by atoms with Crippen LogP contribution in [0.2, 0.25) is 0 Å². The number of hydrogen-bond acceptors (Lipinski definition) is 4. The van der Waals surface area contributed by atoms with Gasteiger partial charge in [0.2, 0.25) is 0 Å². The second-order valence-electron chi connectivity index (χ2n) is 5.63. The van der Waals surface area contributed by atoms with E-state index in [0.717, 1.165) is 37.9 Å². The minimum absolute atomic E-state index is 0.319. The standard InChI is InChI=1S/C14H22N2O2S/c1-10(2)5-6-13-15-11(9-19-13)8-16-7-3-4-12(16)14(17)18/h9-10,12H,3-8H2,1-2H3,(H,17,18)/t12-/m1/s1. The molecule has 1 aliphatic heterocycles. The summed E-state index contributed by atoms with van der Waals surface area (Å²) in [5, 5.41) is 12.4. The summed E-state index contributed by atoms with van der Waals surface area (Å²) in [5.41, 5.74) is 1.02. The maximum Gasteiger partial charge on any atom is 0.320 e. The first-order valence-corrected chi connectivity index (χ1v) is 7.84. The first-order valence-electron chi connectivity index (χ1n) is 6.96. The van der Waals surface area contributed by atoms with Gasteiger partial charge in [0, 0.05) is 11.9 Å². The summed E-state index contributed by atoms with van der Waals surface area (Å²) in [7, 11) is 0. The monoisotopic (exact) mass is 282 g/mol. The van der Waals surface area contributed by atoms with E-state index >= 15 is 0 Å². The van der Waals surface area contributed by atoms with Crippen molar-refractivity contribution in [2.75, 3.05) is 6.54 Å². The Bertz CT molecular complexity index is 431. The second kappa shape index (κ2) is 6.48. The third-order valence-corrected chi connectivity index (χ3v) is 4.51. The quantitative estimate of drug-likeness (QED) is 0.871. The number of thiazole rings is 1. The Morgan fingerprint density at radius 2 is 2.42 bits per heavy atom. The number of nitrogens with zero attached hydrogens (tertiary/aromatic N) is 2. The van der Waals surface area contributed by atoms with Crippen LogP contribution >= 0.6 is 11.3 Å². The number of hydrogen-bond donors (Lipinski definition) is 1. The molecule has 0 aliphatic carbocycles. The Hall–Kier alpha value is -0.940. The van der Waals surface area contributed by atoms with Crippen LogP contribution < -0.4 is 0 Å². The summed E-state index contributed by atoms with van der Waals surface area (Å²) in [6.45, 7) is 5.98. The average Bonchev–Trinajstić information content (AvgIpc) is 2.96. The molecule has 1 fully saturated rings. The van der Waals surface area contributed by atoms with Gasteiger partial charge in [0.1, 0.15) is 6.04 Å². The Labute approximate surface area is 118 Å². The Morgan fingerprint density at radius 1 is 1.63 bits per heavy atom. The summed E-state index contributed by atoms with van der Waals surface area (Å²) in [4.78, 5) is 17.8. The first kappa shape index (κ1) is 14.5. The van der Waals surface area contributed by atoms with E-state index in [2.05, 4.69) is 24.2 Å². The largest absolute Gasteiger partial charge is 0.480 e. The third-order valence-electron chi connectivity index (χ3n) is 3.55. The van der Waals surface area contributed by atoms with Crippen molar-refractivity contribution in [2.24, 2.45) is 5.92 Å². The molecule has 0 spiro atoms. The lowest BCUT2D eigenvalue weighted by atomic mass is 10.1. The zero-order chi connectivity index (χ0) is 13.8. The van der Waals surface area contributed by atoms with E-state index in [1.165, 1.54) is 5.01 Å². The lowest BCUT2D eigenvalue weighted by molar-refractivity contribution is -0.142. The van der Waals surface area contributed by atoms with Gasteiger partial charge < -0.3 is 5.11 Å². The number of aromatic nitrogens is 1. The number of likely N-dealkylation sites (tertiary alicyclic amines) is 1. The van der Waals surface area contributed by atoms with E-state index in [-0.39, 0.29) is 6.04 Å². The molecule has 0 aromatic carbocycles. The van der Waals surface area contributed by atoms with Crippen molar-refractivity contribution in [3.8, 4) is 0 Å². The summed E-state index contributed by atoms with van der Waals surface area (Å²) in [6.07, 6.45) is 3.93. The fourth-order valence-corrected chi connectivity index (χ4v) is 3.26. The molecule has 4 nitrogen and oxygen atoms in total. The van der Waals surface area contributed by atoms with Gasteiger partial charge in [-0.1, -0.05) is 13.8 Å². The van der Waals surface area contributed by atoms with Gasteiger partial charge in [-0.15, -0.1) is 11.3 Å². The van der Waals surface area contributed by atoms with E-state index in [9.17, 15) is 4.79 Å². The van der Waals surface area contributed by atoms with Crippen LogP contribution in [0.1, 0.15) is 43.8 Å². The van der Waals surface area contributed by atoms with Crippen molar-refractivity contribution < 1.29 is 9.90 Å². The summed E-state index contributed by atoms with van der Waals surface area (Å²) in [6, 6.07) is -0.319. The van der Waals surface area contributed by atoms with Crippen LogP contribution in [0.4, 0.5) is 0 Å². The zero-order valence-electron chi connectivity index (χ0n) is 11.6. The summed E-state index contributed by atoms with van der Waals surface area (Å²) < 4.78 is 0. The average molecular weight is 282 g/mol. The molecule has 0 unspecified atom stereocenters. The first-order chi connectivity index (χ1) is 9.06. The highest BCUT2D eigenvalue weighted by Crippen LogP contribution is 2.22. The third kappa shape index (κ3) is 4.01. The van der Waals surface area contributed by atoms with E-state index in [1.807, 2.05) is 4.90 Å². The number of aryl methyl sites for hydroxylation is 1. The molecule has 0 amide bonds. The maximum absolute atomic E-state index is 11.1. The van der Waals surface area contributed by atoms with Crippen molar-refractivity contribution in [2.45, 2.75) is 52.1 Å². The van der Waals surface area contributed by atoms with E-state index < -0.39 is 5.97 Å². The van der Waals surface area contributed by atoms with E-state index in [4.69, 9.17) is 5.11 Å². The van der Waals surface area contributed by atoms with Gasteiger partial charge in [-0.25, -0.2) is 4.98 Å². The minimum atomic E-state index is -0.701. The molecule has 19 heavy (non-hydrogen) atoms.